The molecule has 0 N–H and O–H groups in total. The van der Waals surface area contributed by atoms with E-state index in [1.54, 1.807) is 0 Å². The number of amides is 1. The molecule has 3 rings (SSSR count). The molecular formula is C18H23NO2. The number of carbonyl (C=O) groups is 1. The summed E-state index contributed by atoms with van der Waals surface area (Å²) in [5.41, 5.74) is 0.406. The lowest BCUT2D eigenvalue weighted by atomic mass is 9.92. The van der Waals surface area contributed by atoms with Crippen molar-refractivity contribution in [2.24, 2.45) is 17.8 Å². The molecule has 3 atom stereocenters. The van der Waals surface area contributed by atoms with Crippen LogP contribution in [-0.4, -0.2) is 11.5 Å². The Kier molecular flexibility index (Phi) is 3.62. The number of benzene rings is 1. The van der Waals surface area contributed by atoms with E-state index in [0.717, 1.165) is 18.5 Å². The summed E-state index contributed by atoms with van der Waals surface area (Å²) in [4.78, 5) is 18.9. The van der Waals surface area contributed by atoms with Crippen molar-refractivity contribution in [1.29, 1.82) is 0 Å². The number of para-hydroxylation sites is 1. The van der Waals surface area contributed by atoms with Gasteiger partial charge >= 0.3 is 0 Å². The first-order valence-electron chi connectivity index (χ1n) is 7.70. The normalized spacial score (nSPS) is 27.1. The zero-order chi connectivity index (χ0) is 15.0. The van der Waals surface area contributed by atoms with Crippen molar-refractivity contribution in [3.63, 3.8) is 0 Å². The minimum absolute atomic E-state index is 0.0579. The van der Waals surface area contributed by atoms with E-state index in [-0.39, 0.29) is 11.8 Å². The number of rotatable bonds is 3. The van der Waals surface area contributed by atoms with Crippen LogP contribution in [0.1, 0.15) is 33.6 Å². The Morgan fingerprint density at radius 3 is 2.38 bits per heavy atom. The Hall–Kier alpha value is -1.61. The van der Waals surface area contributed by atoms with Crippen molar-refractivity contribution in [2.45, 2.75) is 39.2 Å². The molecule has 0 aromatic heterocycles. The zero-order valence-corrected chi connectivity index (χ0v) is 13.0. The van der Waals surface area contributed by atoms with E-state index >= 15 is 0 Å². The molecule has 0 aliphatic heterocycles. The highest BCUT2D eigenvalue weighted by Crippen LogP contribution is 2.44. The van der Waals surface area contributed by atoms with Gasteiger partial charge in [-0.25, -0.2) is 0 Å². The predicted molar refractivity (Wildman–Crippen MR) is 83.6 cm³/mol. The molecule has 21 heavy (non-hydrogen) atoms. The summed E-state index contributed by atoms with van der Waals surface area (Å²) >= 11 is 0. The van der Waals surface area contributed by atoms with Crippen LogP contribution >= 0.6 is 0 Å². The first kappa shape index (κ1) is 14.3. The van der Waals surface area contributed by atoms with E-state index in [1.165, 1.54) is 5.06 Å². The van der Waals surface area contributed by atoms with E-state index in [1.807, 2.05) is 51.1 Å². The molecule has 1 fully saturated rings. The standard InChI is InChI=1S/C18H23NO2/c1-18(2,3)21-19(15-7-5-4-6-8-15)17(20)16-12-13-9-10-14(16)11-13/h4-10,13-14,16H,11-12H2,1-3H3/t13-,14+,16-/m1/s1. The van der Waals surface area contributed by atoms with Gasteiger partial charge in [0.25, 0.3) is 5.91 Å². The zero-order valence-electron chi connectivity index (χ0n) is 13.0. The molecule has 1 aromatic carbocycles. The van der Waals surface area contributed by atoms with E-state index in [2.05, 4.69) is 12.2 Å². The van der Waals surface area contributed by atoms with Gasteiger partial charge in [0.05, 0.1) is 11.3 Å². The lowest BCUT2D eigenvalue weighted by Crippen LogP contribution is -2.42. The minimum Gasteiger partial charge on any atom is -0.272 e. The molecule has 2 bridgehead atoms. The first-order chi connectivity index (χ1) is 9.94. The molecule has 1 amide bonds. The molecule has 0 radical (unpaired) electrons. The van der Waals surface area contributed by atoms with Crippen LogP contribution in [0, 0.1) is 17.8 Å². The van der Waals surface area contributed by atoms with Gasteiger partial charge in [0.15, 0.2) is 0 Å². The largest absolute Gasteiger partial charge is 0.272 e. The number of hydrogen-bond acceptors (Lipinski definition) is 2. The quantitative estimate of drug-likeness (QED) is 0.621. The van der Waals surface area contributed by atoms with Crippen LogP contribution in [0.3, 0.4) is 0 Å². The summed E-state index contributed by atoms with van der Waals surface area (Å²) in [5, 5.41) is 1.51. The summed E-state index contributed by atoms with van der Waals surface area (Å²) in [7, 11) is 0. The molecule has 112 valence electrons. The highest BCUT2D eigenvalue weighted by molar-refractivity contribution is 5.93. The van der Waals surface area contributed by atoms with E-state index < -0.39 is 5.60 Å². The topological polar surface area (TPSA) is 29.5 Å². The maximum atomic E-state index is 13.0. The minimum atomic E-state index is -0.404. The summed E-state index contributed by atoms with van der Waals surface area (Å²) in [6.07, 6.45) is 6.54. The van der Waals surface area contributed by atoms with Gasteiger partial charge in [-0.2, -0.15) is 5.06 Å². The van der Waals surface area contributed by atoms with E-state index in [0.29, 0.717) is 11.8 Å². The Labute approximate surface area is 126 Å². The number of anilines is 1. The van der Waals surface area contributed by atoms with Crippen molar-refractivity contribution in [2.75, 3.05) is 5.06 Å². The summed E-state index contributed by atoms with van der Waals surface area (Å²) < 4.78 is 0. The smallest absolute Gasteiger partial charge is 0.254 e. The molecule has 1 aromatic rings. The van der Waals surface area contributed by atoms with Crippen LogP contribution in [0.25, 0.3) is 0 Å². The third-order valence-electron chi connectivity index (χ3n) is 4.15. The van der Waals surface area contributed by atoms with Gasteiger partial charge in [-0.15, -0.1) is 0 Å². The molecule has 0 heterocycles. The molecule has 0 saturated heterocycles. The molecule has 2 aliphatic carbocycles. The van der Waals surface area contributed by atoms with E-state index in [9.17, 15) is 4.79 Å². The summed E-state index contributed by atoms with van der Waals surface area (Å²) in [6.45, 7) is 5.91. The van der Waals surface area contributed by atoms with Crippen LogP contribution in [0.4, 0.5) is 5.69 Å². The van der Waals surface area contributed by atoms with Crippen molar-refractivity contribution in [3.8, 4) is 0 Å². The van der Waals surface area contributed by atoms with Crippen LogP contribution in [-0.2, 0) is 9.63 Å². The predicted octanol–water partition coefficient (Wildman–Crippen LogP) is 3.96. The fourth-order valence-electron chi connectivity index (χ4n) is 3.28. The third-order valence-corrected chi connectivity index (χ3v) is 4.15. The SMILES string of the molecule is CC(C)(C)ON(C(=O)[C@@H]1C[C@@H]2C=C[C@H]1C2)c1ccccc1. The lowest BCUT2D eigenvalue weighted by Gasteiger charge is -2.32. The Bertz CT molecular complexity index is 544. The number of nitrogens with zero attached hydrogens (tertiary/aromatic N) is 1. The number of hydrogen-bond donors (Lipinski definition) is 0. The van der Waals surface area contributed by atoms with Crippen LogP contribution < -0.4 is 5.06 Å². The van der Waals surface area contributed by atoms with E-state index in [4.69, 9.17) is 4.84 Å². The molecule has 0 unspecified atom stereocenters. The Balaban J connectivity index is 1.85. The first-order valence-corrected chi connectivity index (χ1v) is 7.70. The second-order valence-electron chi connectivity index (χ2n) is 7.06. The average Bonchev–Trinajstić information content (AvgIpc) is 3.06. The monoisotopic (exact) mass is 285 g/mol. The van der Waals surface area contributed by atoms with Gasteiger partial charge in [-0.1, -0.05) is 30.4 Å². The van der Waals surface area contributed by atoms with Crippen LogP contribution in [0.5, 0.6) is 0 Å². The number of allylic oxidation sites excluding steroid dienone is 2. The molecule has 3 nitrogen and oxygen atoms in total. The molecule has 1 saturated carbocycles. The second kappa shape index (κ2) is 5.30. The fourth-order valence-corrected chi connectivity index (χ4v) is 3.28. The summed E-state index contributed by atoms with van der Waals surface area (Å²) in [5.74, 6) is 1.11. The van der Waals surface area contributed by atoms with Gasteiger partial charge in [-0.3, -0.25) is 9.63 Å². The van der Waals surface area contributed by atoms with Crippen LogP contribution in [0.15, 0.2) is 42.5 Å². The van der Waals surface area contributed by atoms with Gasteiger partial charge < -0.3 is 0 Å². The Morgan fingerprint density at radius 2 is 1.86 bits per heavy atom. The molecular weight excluding hydrogens is 262 g/mol. The highest BCUT2D eigenvalue weighted by atomic mass is 16.7. The van der Waals surface area contributed by atoms with Gasteiger partial charge in [0.2, 0.25) is 0 Å². The maximum Gasteiger partial charge on any atom is 0.254 e. The highest BCUT2D eigenvalue weighted by Gasteiger charge is 2.42. The average molecular weight is 285 g/mol. The molecule has 3 heteroatoms. The van der Waals surface area contributed by atoms with Crippen molar-refractivity contribution >= 4 is 11.6 Å². The van der Waals surface area contributed by atoms with Gasteiger partial charge in [-0.05, 0) is 57.6 Å². The second-order valence-corrected chi connectivity index (χ2v) is 7.06. The Morgan fingerprint density at radius 1 is 1.14 bits per heavy atom. The molecule has 2 aliphatic rings. The summed E-state index contributed by atoms with van der Waals surface area (Å²) in [6, 6.07) is 9.66. The van der Waals surface area contributed by atoms with Crippen molar-refractivity contribution in [3.05, 3.63) is 42.5 Å². The number of carbonyl (C=O) groups excluding carboxylic acids is 1. The van der Waals surface area contributed by atoms with Gasteiger partial charge in [0, 0.05) is 5.92 Å². The van der Waals surface area contributed by atoms with Crippen molar-refractivity contribution < 1.29 is 9.63 Å². The third kappa shape index (κ3) is 3.03. The van der Waals surface area contributed by atoms with Crippen LogP contribution in [0.2, 0.25) is 0 Å². The fraction of sp³-hybridized carbons (Fsp3) is 0.500. The van der Waals surface area contributed by atoms with Gasteiger partial charge in [0.1, 0.15) is 0 Å². The van der Waals surface area contributed by atoms with Crippen molar-refractivity contribution in [1.82, 2.24) is 0 Å². The number of fused-ring (bicyclic) bond motifs is 2. The number of hydroxylamine groups is 1. The molecule has 0 spiro atoms. The maximum absolute atomic E-state index is 13.0. The lowest BCUT2D eigenvalue weighted by molar-refractivity contribution is -0.137.